The van der Waals surface area contributed by atoms with Crippen LogP contribution >= 0.6 is 11.6 Å². The van der Waals surface area contributed by atoms with Crippen molar-refractivity contribution in [3.8, 4) is 0 Å². The average Bonchev–Trinajstić information content (AvgIpc) is 2.58. The number of hydrogen-bond donors (Lipinski definition) is 3. The molecular weight excluding hydrogens is 417 g/mol. The summed E-state index contributed by atoms with van der Waals surface area (Å²) in [7, 11) is 0. The van der Waals surface area contributed by atoms with Crippen molar-refractivity contribution < 1.29 is 41.8 Å². The van der Waals surface area contributed by atoms with Crippen molar-refractivity contribution in [3.63, 3.8) is 0 Å². The first-order valence-corrected chi connectivity index (χ1v) is 7.47. The van der Waals surface area contributed by atoms with Gasteiger partial charge in [-0.2, -0.15) is 13.2 Å². The third-order valence-electron chi connectivity index (χ3n) is 2.97. The van der Waals surface area contributed by atoms with Gasteiger partial charge in [0.2, 0.25) is 0 Å². The molecule has 0 aliphatic carbocycles. The molecule has 3 N–H and O–H groups in total. The van der Waals surface area contributed by atoms with Gasteiger partial charge in [-0.15, -0.1) is 0 Å². The third kappa shape index (κ3) is 6.61. The smallest absolute Gasteiger partial charge is 0.408 e. The number of rotatable bonds is 4. The maximum atomic E-state index is 12.7. The summed E-state index contributed by atoms with van der Waals surface area (Å²) in [5.41, 5.74) is -0.979. The molecule has 0 saturated heterocycles. The number of carboxylic acids is 2. The van der Waals surface area contributed by atoms with Gasteiger partial charge < -0.3 is 15.5 Å². The second-order valence-corrected chi connectivity index (χ2v) is 5.42. The Labute approximate surface area is 158 Å². The van der Waals surface area contributed by atoms with Crippen LogP contribution in [0.4, 0.5) is 27.8 Å². The van der Waals surface area contributed by atoms with Crippen molar-refractivity contribution in [1.29, 1.82) is 0 Å². The normalized spacial score (nSPS) is 11.8. The lowest BCUT2D eigenvalue weighted by Gasteiger charge is -2.18. The van der Waals surface area contributed by atoms with E-state index >= 15 is 0 Å². The Balaban J connectivity index is 0.000000307. The molecule has 152 valence electrons. The SMILES string of the molecule is CC(Nc1ncc(F)cc1C(=O)O)C(F)(F)F.O=C(O)c1cc(F)cnc1Cl. The van der Waals surface area contributed by atoms with Crippen LogP contribution in [0.2, 0.25) is 5.15 Å². The summed E-state index contributed by atoms with van der Waals surface area (Å²) in [5, 5.41) is 18.7. The summed E-state index contributed by atoms with van der Waals surface area (Å²) in [4.78, 5) is 27.6. The number of halogens is 6. The number of pyridine rings is 2. The van der Waals surface area contributed by atoms with Gasteiger partial charge in [0, 0.05) is 0 Å². The minimum absolute atomic E-state index is 0.209. The Kier molecular flexibility index (Phi) is 7.61. The highest BCUT2D eigenvalue weighted by atomic mass is 35.5. The molecule has 0 aliphatic rings. The van der Waals surface area contributed by atoms with Crippen molar-refractivity contribution in [2.24, 2.45) is 0 Å². The second kappa shape index (κ2) is 9.26. The Morgan fingerprint density at radius 1 is 1.04 bits per heavy atom. The number of alkyl halides is 3. The molecule has 2 aromatic rings. The number of aromatic carboxylic acids is 2. The van der Waals surface area contributed by atoms with Gasteiger partial charge in [0.1, 0.15) is 34.2 Å². The predicted octanol–water partition coefficient (Wildman–Crippen LogP) is 3.85. The van der Waals surface area contributed by atoms with Gasteiger partial charge in [-0.25, -0.2) is 28.3 Å². The number of carboxylic acid groups (broad SMARTS) is 2. The maximum absolute atomic E-state index is 12.7. The quantitative estimate of drug-likeness (QED) is 0.501. The molecule has 2 heterocycles. The van der Waals surface area contributed by atoms with Crippen LogP contribution in [0.1, 0.15) is 27.6 Å². The number of carbonyl (C=O) groups is 2. The van der Waals surface area contributed by atoms with Gasteiger partial charge >= 0.3 is 18.1 Å². The molecule has 0 spiro atoms. The first-order chi connectivity index (χ1) is 12.8. The standard InChI is InChI=1S/C9H8F4N2O2.C6H3ClFNO2/c1-4(9(11,12)13)15-7-6(8(16)17)2-5(10)3-14-7;7-5-4(6(10)11)1-3(8)2-9-5/h2-4H,1H3,(H,14,15)(H,16,17);1-2H,(H,10,11). The molecule has 1 atom stereocenters. The van der Waals surface area contributed by atoms with E-state index in [1.807, 2.05) is 5.32 Å². The van der Waals surface area contributed by atoms with E-state index in [-0.39, 0.29) is 10.7 Å². The van der Waals surface area contributed by atoms with Gasteiger partial charge in [0.25, 0.3) is 0 Å². The van der Waals surface area contributed by atoms with E-state index in [0.29, 0.717) is 12.3 Å². The second-order valence-electron chi connectivity index (χ2n) is 5.06. The van der Waals surface area contributed by atoms with Crippen molar-refractivity contribution in [1.82, 2.24) is 9.97 Å². The van der Waals surface area contributed by atoms with Crippen molar-refractivity contribution in [2.45, 2.75) is 19.1 Å². The highest BCUT2D eigenvalue weighted by Crippen LogP contribution is 2.24. The van der Waals surface area contributed by atoms with Crippen LogP contribution < -0.4 is 5.32 Å². The third-order valence-corrected chi connectivity index (χ3v) is 3.27. The van der Waals surface area contributed by atoms with Crippen LogP contribution in [-0.2, 0) is 0 Å². The molecule has 0 fully saturated rings. The first kappa shape index (κ1) is 23.0. The zero-order chi connectivity index (χ0) is 21.6. The topological polar surface area (TPSA) is 112 Å². The van der Waals surface area contributed by atoms with Crippen LogP contribution in [0.5, 0.6) is 0 Å². The Morgan fingerprint density at radius 3 is 1.93 bits per heavy atom. The zero-order valence-corrected chi connectivity index (χ0v) is 14.5. The van der Waals surface area contributed by atoms with E-state index in [9.17, 15) is 31.5 Å². The maximum Gasteiger partial charge on any atom is 0.408 e. The van der Waals surface area contributed by atoms with Gasteiger partial charge in [0.05, 0.1) is 18.0 Å². The van der Waals surface area contributed by atoms with E-state index in [1.165, 1.54) is 0 Å². The zero-order valence-electron chi connectivity index (χ0n) is 13.8. The lowest BCUT2D eigenvalue weighted by atomic mass is 10.2. The van der Waals surface area contributed by atoms with Crippen molar-refractivity contribution in [3.05, 3.63) is 52.4 Å². The summed E-state index contributed by atoms with van der Waals surface area (Å²) in [6, 6.07) is -0.572. The average molecular weight is 428 g/mol. The highest BCUT2D eigenvalue weighted by Gasteiger charge is 2.36. The monoisotopic (exact) mass is 427 g/mol. The largest absolute Gasteiger partial charge is 0.478 e. The van der Waals surface area contributed by atoms with Crippen LogP contribution in [0.3, 0.4) is 0 Å². The molecule has 2 aromatic heterocycles. The van der Waals surface area contributed by atoms with Crippen LogP contribution in [0, 0.1) is 11.6 Å². The molecule has 13 heteroatoms. The number of anilines is 1. The van der Waals surface area contributed by atoms with Crippen molar-refractivity contribution in [2.75, 3.05) is 5.32 Å². The van der Waals surface area contributed by atoms with Gasteiger partial charge in [-0.3, -0.25) is 0 Å². The van der Waals surface area contributed by atoms with E-state index in [1.54, 1.807) is 0 Å². The van der Waals surface area contributed by atoms with Gasteiger partial charge in [0.15, 0.2) is 0 Å². The lowest BCUT2D eigenvalue weighted by Crippen LogP contribution is -2.34. The van der Waals surface area contributed by atoms with Crippen molar-refractivity contribution >= 4 is 29.4 Å². The van der Waals surface area contributed by atoms with E-state index < -0.39 is 47.2 Å². The van der Waals surface area contributed by atoms with Gasteiger partial charge in [-0.1, -0.05) is 11.6 Å². The number of aromatic nitrogens is 2. The Hall–Kier alpha value is -3.02. The number of hydrogen-bond acceptors (Lipinski definition) is 5. The fourth-order valence-corrected chi connectivity index (χ4v) is 1.76. The molecule has 1 unspecified atom stereocenters. The van der Waals surface area contributed by atoms with Crippen LogP contribution in [-0.4, -0.2) is 44.3 Å². The molecule has 28 heavy (non-hydrogen) atoms. The summed E-state index contributed by atoms with van der Waals surface area (Å²) in [6.07, 6.45) is -3.06. The Morgan fingerprint density at radius 2 is 1.50 bits per heavy atom. The molecular formula is C15H11ClF5N3O4. The number of nitrogens with zero attached hydrogens (tertiary/aromatic N) is 2. The van der Waals surface area contributed by atoms with Crippen LogP contribution in [0.25, 0.3) is 0 Å². The Bertz CT molecular complexity index is 879. The minimum Gasteiger partial charge on any atom is -0.478 e. The molecule has 2 rings (SSSR count). The van der Waals surface area contributed by atoms with E-state index in [4.69, 9.17) is 21.8 Å². The summed E-state index contributed by atoms with van der Waals surface area (Å²) >= 11 is 5.33. The first-order valence-electron chi connectivity index (χ1n) is 7.09. The van der Waals surface area contributed by atoms with Crippen LogP contribution in [0.15, 0.2) is 24.5 Å². The molecule has 0 saturated carbocycles. The molecule has 0 amide bonds. The van der Waals surface area contributed by atoms with E-state index in [2.05, 4.69) is 9.97 Å². The van der Waals surface area contributed by atoms with Gasteiger partial charge in [-0.05, 0) is 19.1 Å². The fraction of sp³-hybridized carbons (Fsp3) is 0.200. The summed E-state index contributed by atoms with van der Waals surface area (Å²) in [5.74, 6) is -5.03. The molecule has 0 radical (unpaired) electrons. The summed E-state index contributed by atoms with van der Waals surface area (Å²) in [6.45, 7) is 0.802. The molecule has 0 aliphatic heterocycles. The molecule has 0 aromatic carbocycles. The fourth-order valence-electron chi connectivity index (χ4n) is 1.58. The lowest BCUT2D eigenvalue weighted by molar-refractivity contribution is -0.138. The molecule has 7 nitrogen and oxygen atoms in total. The highest BCUT2D eigenvalue weighted by molar-refractivity contribution is 6.32. The minimum atomic E-state index is -4.55. The number of nitrogens with one attached hydrogen (secondary N) is 1. The summed E-state index contributed by atoms with van der Waals surface area (Å²) < 4.78 is 61.7. The van der Waals surface area contributed by atoms with E-state index in [0.717, 1.165) is 19.2 Å². The molecule has 0 bridgehead atoms. The predicted molar refractivity (Wildman–Crippen MR) is 86.5 cm³/mol.